The van der Waals surface area contributed by atoms with Crippen LogP contribution in [0.1, 0.15) is 42.4 Å². The third-order valence-corrected chi connectivity index (χ3v) is 5.72. The van der Waals surface area contributed by atoms with Crippen molar-refractivity contribution in [3.05, 3.63) is 28.8 Å². The van der Waals surface area contributed by atoms with Crippen molar-refractivity contribution >= 4 is 0 Å². The topological polar surface area (TPSA) is 24.5 Å². The van der Waals surface area contributed by atoms with E-state index in [1.807, 2.05) is 0 Å². The Morgan fingerprint density at radius 2 is 1.81 bits per heavy atom. The van der Waals surface area contributed by atoms with E-state index in [-0.39, 0.29) is 0 Å². The molecule has 1 N–H and O–H groups in total. The van der Waals surface area contributed by atoms with Gasteiger partial charge in [0.25, 0.3) is 0 Å². The number of methoxy groups -OCH3 is 1. The fourth-order valence-corrected chi connectivity index (χ4v) is 4.21. The van der Waals surface area contributed by atoms with E-state index >= 15 is 0 Å². The highest BCUT2D eigenvalue weighted by atomic mass is 16.5. The van der Waals surface area contributed by atoms with Crippen molar-refractivity contribution in [3.63, 3.8) is 0 Å². The molecule has 1 aromatic carbocycles. The van der Waals surface area contributed by atoms with E-state index in [1.165, 1.54) is 42.4 Å². The number of nitrogens with one attached hydrogen (secondary N) is 1. The van der Waals surface area contributed by atoms with Crippen LogP contribution in [0.15, 0.2) is 12.1 Å². The minimum atomic E-state index is 0.720. The van der Waals surface area contributed by atoms with Gasteiger partial charge in [-0.05, 0) is 69.3 Å². The van der Waals surface area contributed by atoms with Gasteiger partial charge in [-0.25, -0.2) is 0 Å². The second-order valence-electron chi connectivity index (χ2n) is 6.69. The van der Waals surface area contributed by atoms with Crippen molar-refractivity contribution < 1.29 is 4.74 Å². The second-order valence-corrected chi connectivity index (χ2v) is 6.69. The maximum atomic E-state index is 5.43. The molecule has 2 saturated heterocycles. The first kappa shape index (κ1) is 14.9. The van der Waals surface area contributed by atoms with Crippen molar-refractivity contribution in [1.82, 2.24) is 10.2 Å². The molecule has 2 bridgehead atoms. The van der Waals surface area contributed by atoms with Crippen LogP contribution in [0.4, 0.5) is 0 Å². The van der Waals surface area contributed by atoms with Gasteiger partial charge in [0.05, 0.1) is 7.11 Å². The normalized spacial score (nSPS) is 28.9. The van der Waals surface area contributed by atoms with E-state index in [0.29, 0.717) is 0 Å². The van der Waals surface area contributed by atoms with E-state index in [2.05, 4.69) is 43.2 Å². The Morgan fingerprint density at radius 3 is 2.38 bits per heavy atom. The number of piperidine rings is 1. The molecule has 2 aliphatic rings. The molecule has 0 spiro atoms. The predicted octanol–water partition coefficient (Wildman–Crippen LogP) is 3.03. The number of hydrogen-bond acceptors (Lipinski definition) is 3. The van der Waals surface area contributed by atoms with Crippen LogP contribution in [-0.2, 0) is 6.54 Å². The highest BCUT2D eigenvalue weighted by Crippen LogP contribution is 2.37. The molecule has 2 fully saturated rings. The van der Waals surface area contributed by atoms with Gasteiger partial charge in [0.2, 0.25) is 0 Å². The smallest absolute Gasteiger partial charge is 0.122 e. The molecule has 3 nitrogen and oxygen atoms in total. The first-order valence-corrected chi connectivity index (χ1v) is 8.20. The summed E-state index contributed by atoms with van der Waals surface area (Å²) >= 11 is 0. The summed E-state index contributed by atoms with van der Waals surface area (Å²) in [5.41, 5.74) is 4.14. The van der Waals surface area contributed by atoms with E-state index < -0.39 is 0 Å². The minimum Gasteiger partial charge on any atom is -0.496 e. The van der Waals surface area contributed by atoms with Gasteiger partial charge in [0.1, 0.15) is 5.75 Å². The van der Waals surface area contributed by atoms with Gasteiger partial charge >= 0.3 is 0 Å². The van der Waals surface area contributed by atoms with Gasteiger partial charge in [-0.3, -0.25) is 4.90 Å². The van der Waals surface area contributed by atoms with Gasteiger partial charge in [0.15, 0.2) is 0 Å². The Morgan fingerprint density at radius 1 is 1.14 bits per heavy atom. The van der Waals surface area contributed by atoms with Crippen LogP contribution in [0.5, 0.6) is 5.75 Å². The third-order valence-electron chi connectivity index (χ3n) is 5.72. The van der Waals surface area contributed by atoms with Gasteiger partial charge in [-0.1, -0.05) is 6.07 Å². The molecule has 0 amide bonds. The van der Waals surface area contributed by atoms with E-state index in [0.717, 1.165) is 30.4 Å². The van der Waals surface area contributed by atoms with Crippen LogP contribution >= 0.6 is 0 Å². The Kier molecular flexibility index (Phi) is 4.23. The van der Waals surface area contributed by atoms with Crippen molar-refractivity contribution in [2.75, 3.05) is 14.2 Å². The minimum absolute atomic E-state index is 0.720. The number of nitrogens with zero attached hydrogens (tertiary/aromatic N) is 1. The van der Waals surface area contributed by atoms with Crippen LogP contribution in [0.25, 0.3) is 0 Å². The fraction of sp³-hybridized carbons (Fsp3) is 0.667. The summed E-state index contributed by atoms with van der Waals surface area (Å²) in [6.45, 7) is 5.50. The molecule has 1 aromatic rings. The lowest BCUT2D eigenvalue weighted by Crippen LogP contribution is -2.47. The molecule has 3 rings (SSSR count). The highest BCUT2D eigenvalue weighted by molar-refractivity contribution is 5.43. The van der Waals surface area contributed by atoms with Crippen LogP contribution in [0, 0.1) is 13.8 Å². The second kappa shape index (κ2) is 5.98. The summed E-state index contributed by atoms with van der Waals surface area (Å²) in [6.07, 6.45) is 5.36. The molecule has 2 unspecified atom stereocenters. The molecule has 0 aromatic heterocycles. The van der Waals surface area contributed by atoms with Crippen molar-refractivity contribution in [2.24, 2.45) is 0 Å². The molecule has 3 heteroatoms. The maximum Gasteiger partial charge on any atom is 0.122 e. The Bertz CT molecular complexity index is 500. The summed E-state index contributed by atoms with van der Waals surface area (Å²) in [7, 11) is 3.86. The molecule has 0 aliphatic carbocycles. The lowest BCUT2D eigenvalue weighted by Gasteiger charge is -2.39. The lowest BCUT2D eigenvalue weighted by molar-refractivity contribution is 0.111. The SMILES string of the molecule is CNC1CC2CCC(C1)N2Cc1ccc(OC)c(C)c1C. The quantitative estimate of drug-likeness (QED) is 0.921. The summed E-state index contributed by atoms with van der Waals surface area (Å²) < 4.78 is 5.43. The van der Waals surface area contributed by atoms with Gasteiger partial charge in [-0.2, -0.15) is 0 Å². The van der Waals surface area contributed by atoms with Crippen LogP contribution in [-0.4, -0.2) is 37.2 Å². The van der Waals surface area contributed by atoms with E-state index in [1.54, 1.807) is 7.11 Å². The molecular formula is C18H28N2O. The Balaban J connectivity index is 1.77. The number of ether oxygens (including phenoxy) is 1. The van der Waals surface area contributed by atoms with E-state index in [9.17, 15) is 0 Å². The van der Waals surface area contributed by atoms with Gasteiger partial charge in [0, 0.05) is 24.7 Å². The molecule has 2 atom stereocenters. The average molecular weight is 288 g/mol. The predicted molar refractivity (Wildman–Crippen MR) is 86.9 cm³/mol. The zero-order chi connectivity index (χ0) is 15.0. The number of rotatable bonds is 4. The van der Waals surface area contributed by atoms with Crippen LogP contribution in [0.3, 0.4) is 0 Å². The first-order valence-electron chi connectivity index (χ1n) is 8.20. The molecule has 2 heterocycles. The van der Waals surface area contributed by atoms with Crippen molar-refractivity contribution in [1.29, 1.82) is 0 Å². The average Bonchev–Trinajstić information content (AvgIpc) is 2.73. The zero-order valence-corrected chi connectivity index (χ0v) is 13.8. The maximum absolute atomic E-state index is 5.43. The zero-order valence-electron chi connectivity index (χ0n) is 13.8. The fourth-order valence-electron chi connectivity index (χ4n) is 4.21. The Hall–Kier alpha value is -1.06. The first-order chi connectivity index (χ1) is 10.1. The summed E-state index contributed by atoms with van der Waals surface area (Å²) in [5.74, 6) is 1.01. The molecule has 116 valence electrons. The van der Waals surface area contributed by atoms with Gasteiger partial charge in [-0.15, -0.1) is 0 Å². The highest BCUT2D eigenvalue weighted by Gasteiger charge is 2.40. The number of hydrogen-bond donors (Lipinski definition) is 1. The van der Waals surface area contributed by atoms with Crippen LogP contribution in [0.2, 0.25) is 0 Å². The summed E-state index contributed by atoms with van der Waals surface area (Å²) in [5, 5.41) is 3.48. The largest absolute Gasteiger partial charge is 0.496 e. The molecular weight excluding hydrogens is 260 g/mol. The molecule has 2 aliphatic heterocycles. The lowest BCUT2D eigenvalue weighted by atomic mass is 9.95. The van der Waals surface area contributed by atoms with Gasteiger partial charge < -0.3 is 10.1 Å². The summed E-state index contributed by atoms with van der Waals surface area (Å²) in [4.78, 5) is 2.75. The van der Waals surface area contributed by atoms with E-state index in [4.69, 9.17) is 4.74 Å². The molecule has 0 saturated carbocycles. The Labute approximate surface area is 128 Å². The number of fused-ring (bicyclic) bond motifs is 2. The van der Waals surface area contributed by atoms with Crippen LogP contribution < -0.4 is 10.1 Å². The standard InChI is InChI=1S/C18H28N2O/c1-12-13(2)18(21-4)8-5-14(12)11-20-16-6-7-17(20)10-15(9-16)19-3/h5,8,15-17,19H,6-7,9-11H2,1-4H3. The number of benzene rings is 1. The third kappa shape index (κ3) is 2.69. The monoisotopic (exact) mass is 288 g/mol. The molecule has 21 heavy (non-hydrogen) atoms. The molecule has 0 radical (unpaired) electrons. The van der Waals surface area contributed by atoms with Crippen molar-refractivity contribution in [3.8, 4) is 5.75 Å². The summed E-state index contributed by atoms with van der Waals surface area (Å²) in [6, 6.07) is 6.63. The van der Waals surface area contributed by atoms with Crippen molar-refractivity contribution in [2.45, 2.75) is 64.2 Å².